The Labute approximate surface area is 150 Å². The maximum atomic E-state index is 11.9. The number of rotatable bonds is 6. The molecule has 0 fully saturated rings. The van der Waals surface area contributed by atoms with E-state index in [1.165, 1.54) is 18.5 Å². The summed E-state index contributed by atoms with van der Waals surface area (Å²) in [6.45, 7) is -0.437. The lowest BCUT2D eigenvalue weighted by atomic mass is 10.2. The Bertz CT molecular complexity index is 798. The third kappa shape index (κ3) is 5.04. The standard InChI is InChI=1S/C15H11BrClN3O4/c16-11-6-9(3-4-12(11)24-8-13(21)22)7-19-20-15(23)10-2-1-5-18-14(10)17/h1-7H,8H2,(H,20,23)(H,21,22). The molecule has 0 aliphatic carbocycles. The number of carbonyl (C=O) groups excluding carboxylic acids is 1. The number of pyridine rings is 1. The molecule has 1 heterocycles. The number of amides is 1. The van der Waals surface area contributed by atoms with Gasteiger partial charge in [0.15, 0.2) is 6.61 Å². The summed E-state index contributed by atoms with van der Waals surface area (Å²) >= 11 is 9.09. The largest absolute Gasteiger partial charge is 0.481 e. The Morgan fingerprint density at radius 2 is 2.21 bits per heavy atom. The van der Waals surface area contributed by atoms with Gasteiger partial charge >= 0.3 is 5.97 Å². The minimum atomic E-state index is -1.07. The van der Waals surface area contributed by atoms with E-state index in [2.05, 4.69) is 31.4 Å². The summed E-state index contributed by atoms with van der Waals surface area (Å²) in [5, 5.41) is 12.5. The molecule has 0 bridgehead atoms. The first-order chi connectivity index (χ1) is 11.5. The molecule has 2 N–H and O–H groups in total. The number of hydrogen-bond donors (Lipinski definition) is 2. The zero-order valence-corrected chi connectivity index (χ0v) is 14.4. The highest BCUT2D eigenvalue weighted by atomic mass is 79.9. The molecular weight excluding hydrogens is 402 g/mol. The Morgan fingerprint density at radius 1 is 1.42 bits per heavy atom. The van der Waals surface area contributed by atoms with Gasteiger partial charge in [0.05, 0.1) is 16.3 Å². The van der Waals surface area contributed by atoms with Gasteiger partial charge in [-0.05, 0) is 51.8 Å². The van der Waals surface area contributed by atoms with E-state index in [1.807, 2.05) is 0 Å². The third-order valence-electron chi connectivity index (χ3n) is 2.69. The van der Waals surface area contributed by atoms with Gasteiger partial charge < -0.3 is 9.84 Å². The van der Waals surface area contributed by atoms with Crippen molar-refractivity contribution >= 4 is 45.6 Å². The maximum absolute atomic E-state index is 11.9. The molecule has 1 aromatic carbocycles. The fourth-order valence-corrected chi connectivity index (χ4v) is 2.35. The molecule has 0 aliphatic heterocycles. The normalized spacial score (nSPS) is 10.6. The van der Waals surface area contributed by atoms with E-state index in [9.17, 15) is 9.59 Å². The number of hydrazone groups is 1. The summed E-state index contributed by atoms with van der Waals surface area (Å²) in [6, 6.07) is 8.05. The number of benzene rings is 1. The molecule has 1 aromatic heterocycles. The highest BCUT2D eigenvalue weighted by Gasteiger charge is 2.09. The van der Waals surface area contributed by atoms with E-state index in [1.54, 1.807) is 24.3 Å². The van der Waals surface area contributed by atoms with Crippen LogP contribution < -0.4 is 10.2 Å². The second kappa shape index (κ2) is 8.42. The number of hydrogen-bond acceptors (Lipinski definition) is 5. The number of nitrogens with one attached hydrogen (secondary N) is 1. The lowest BCUT2D eigenvalue weighted by Crippen LogP contribution is -2.18. The quantitative estimate of drug-likeness (QED) is 0.432. The van der Waals surface area contributed by atoms with Crippen molar-refractivity contribution in [3.05, 3.63) is 57.3 Å². The number of halogens is 2. The SMILES string of the molecule is O=C(O)COc1ccc(C=NNC(=O)c2cccnc2Cl)cc1Br. The minimum absolute atomic E-state index is 0.0906. The van der Waals surface area contributed by atoms with Crippen LogP contribution in [0.2, 0.25) is 5.15 Å². The molecule has 0 radical (unpaired) electrons. The molecule has 2 rings (SSSR count). The van der Waals surface area contributed by atoms with Gasteiger partial charge in [0, 0.05) is 6.20 Å². The summed E-state index contributed by atoms with van der Waals surface area (Å²) in [5.74, 6) is -1.16. The van der Waals surface area contributed by atoms with Gasteiger partial charge in [-0.15, -0.1) is 0 Å². The summed E-state index contributed by atoms with van der Waals surface area (Å²) < 4.78 is 5.65. The highest BCUT2D eigenvalue weighted by Crippen LogP contribution is 2.25. The van der Waals surface area contributed by atoms with Crippen molar-refractivity contribution in [2.45, 2.75) is 0 Å². The fraction of sp³-hybridized carbons (Fsp3) is 0.0667. The van der Waals surface area contributed by atoms with Gasteiger partial charge in [-0.1, -0.05) is 11.6 Å². The van der Waals surface area contributed by atoms with Crippen LogP contribution in [0.15, 0.2) is 46.1 Å². The second-order valence-electron chi connectivity index (χ2n) is 4.41. The summed E-state index contributed by atoms with van der Waals surface area (Å²) in [5.41, 5.74) is 3.23. The molecule has 24 heavy (non-hydrogen) atoms. The van der Waals surface area contributed by atoms with Crippen LogP contribution in [0.1, 0.15) is 15.9 Å². The first-order valence-corrected chi connectivity index (χ1v) is 7.72. The van der Waals surface area contributed by atoms with E-state index in [4.69, 9.17) is 21.4 Å². The monoisotopic (exact) mass is 411 g/mol. The highest BCUT2D eigenvalue weighted by molar-refractivity contribution is 9.10. The van der Waals surface area contributed by atoms with Gasteiger partial charge in [0.2, 0.25) is 0 Å². The summed E-state index contributed by atoms with van der Waals surface area (Å²) in [6.07, 6.45) is 2.90. The molecule has 0 aliphatic rings. The minimum Gasteiger partial charge on any atom is -0.481 e. The van der Waals surface area contributed by atoms with Crippen LogP contribution in [-0.2, 0) is 4.79 Å². The molecule has 0 saturated heterocycles. The van der Waals surface area contributed by atoms with Crippen molar-refractivity contribution in [1.29, 1.82) is 0 Å². The van der Waals surface area contributed by atoms with Crippen molar-refractivity contribution in [3.63, 3.8) is 0 Å². The lowest BCUT2D eigenvalue weighted by Gasteiger charge is -2.06. The van der Waals surface area contributed by atoms with Crippen molar-refractivity contribution < 1.29 is 19.4 Å². The molecule has 1 amide bonds. The zero-order valence-electron chi connectivity index (χ0n) is 12.1. The number of aliphatic carboxylic acids is 1. The molecule has 7 nitrogen and oxygen atoms in total. The van der Waals surface area contributed by atoms with E-state index < -0.39 is 18.5 Å². The average Bonchev–Trinajstić information content (AvgIpc) is 2.54. The second-order valence-corrected chi connectivity index (χ2v) is 5.63. The van der Waals surface area contributed by atoms with Gasteiger partial charge in [0.25, 0.3) is 5.91 Å². The van der Waals surface area contributed by atoms with Gasteiger partial charge in [-0.3, -0.25) is 4.79 Å². The number of nitrogens with zero attached hydrogens (tertiary/aromatic N) is 2. The van der Waals surface area contributed by atoms with E-state index in [0.29, 0.717) is 15.8 Å². The van der Waals surface area contributed by atoms with Crippen molar-refractivity contribution in [1.82, 2.24) is 10.4 Å². The molecule has 9 heteroatoms. The Kier molecular flexibility index (Phi) is 6.28. The maximum Gasteiger partial charge on any atom is 0.341 e. The first kappa shape index (κ1) is 17.9. The van der Waals surface area contributed by atoms with Gasteiger partial charge in [0.1, 0.15) is 10.9 Å². The average molecular weight is 413 g/mol. The van der Waals surface area contributed by atoms with E-state index >= 15 is 0 Å². The topological polar surface area (TPSA) is 101 Å². The molecule has 2 aromatic rings. The number of ether oxygens (including phenoxy) is 1. The summed E-state index contributed by atoms with van der Waals surface area (Å²) in [4.78, 5) is 26.2. The summed E-state index contributed by atoms with van der Waals surface area (Å²) in [7, 11) is 0. The predicted octanol–water partition coefficient (Wildman–Crippen LogP) is 2.72. The van der Waals surface area contributed by atoms with Crippen LogP contribution in [0.25, 0.3) is 0 Å². The van der Waals surface area contributed by atoms with Crippen LogP contribution in [-0.4, -0.2) is 34.8 Å². The predicted molar refractivity (Wildman–Crippen MR) is 91.6 cm³/mol. The van der Waals surface area contributed by atoms with Gasteiger partial charge in [-0.25, -0.2) is 15.2 Å². The van der Waals surface area contributed by atoms with Gasteiger partial charge in [-0.2, -0.15) is 5.10 Å². The molecular formula is C15H11BrClN3O4. The van der Waals surface area contributed by atoms with E-state index in [0.717, 1.165) is 0 Å². The molecule has 0 saturated carbocycles. The van der Waals surface area contributed by atoms with Crippen LogP contribution in [0.3, 0.4) is 0 Å². The first-order valence-electron chi connectivity index (χ1n) is 6.55. The van der Waals surface area contributed by atoms with E-state index in [-0.39, 0.29) is 10.7 Å². The Hall–Kier alpha value is -2.45. The zero-order chi connectivity index (χ0) is 17.5. The van der Waals surface area contributed by atoms with Crippen LogP contribution >= 0.6 is 27.5 Å². The smallest absolute Gasteiger partial charge is 0.341 e. The molecule has 0 spiro atoms. The third-order valence-corrected chi connectivity index (χ3v) is 3.61. The number of carboxylic acid groups (broad SMARTS) is 1. The fourth-order valence-electron chi connectivity index (χ4n) is 1.64. The Morgan fingerprint density at radius 3 is 2.88 bits per heavy atom. The number of carboxylic acids is 1. The van der Waals surface area contributed by atoms with Crippen LogP contribution in [0, 0.1) is 0 Å². The lowest BCUT2D eigenvalue weighted by molar-refractivity contribution is -0.139. The number of carbonyl (C=O) groups is 2. The van der Waals surface area contributed by atoms with Crippen LogP contribution in [0.5, 0.6) is 5.75 Å². The molecule has 0 atom stereocenters. The van der Waals surface area contributed by atoms with Crippen molar-refractivity contribution in [2.75, 3.05) is 6.61 Å². The molecule has 124 valence electrons. The molecule has 0 unspecified atom stereocenters. The number of aromatic nitrogens is 1. The van der Waals surface area contributed by atoms with Crippen LogP contribution in [0.4, 0.5) is 0 Å². The van der Waals surface area contributed by atoms with Crippen molar-refractivity contribution in [3.8, 4) is 5.75 Å². The van der Waals surface area contributed by atoms with Crippen molar-refractivity contribution in [2.24, 2.45) is 5.10 Å². The Balaban J connectivity index is 1.99.